The molecule has 0 atom stereocenters. The van der Waals surface area contributed by atoms with Gasteiger partial charge in [-0.2, -0.15) is 0 Å². The number of hydrogen-bond acceptors (Lipinski definition) is 4. The fourth-order valence-electron chi connectivity index (χ4n) is 3.24. The van der Waals surface area contributed by atoms with E-state index in [0.717, 1.165) is 12.8 Å². The zero-order valence-corrected chi connectivity index (χ0v) is 13.5. The Labute approximate surface area is 126 Å². The molecule has 0 radical (unpaired) electrons. The molecule has 2 rings (SSSR count). The average Bonchev–Trinajstić information content (AvgIpc) is 2.66. The Balaban J connectivity index is 2.05. The number of hydrogen-bond donors (Lipinski definition) is 1. The molecular weight excluding hydrogens is 292 g/mol. The maximum Gasteiger partial charge on any atom is 0.325 e. The number of carbonyl (C=O) groups is 2. The smallest absolute Gasteiger partial charge is 0.310 e. The number of imide groups is 1. The Morgan fingerprint density at radius 3 is 2.48 bits per heavy atom. The third kappa shape index (κ3) is 3.22. The second-order valence-electron chi connectivity index (χ2n) is 6.21. The van der Waals surface area contributed by atoms with Crippen LogP contribution >= 0.6 is 0 Å². The summed E-state index contributed by atoms with van der Waals surface area (Å²) in [5.74, 6) is 0.536. The summed E-state index contributed by atoms with van der Waals surface area (Å²) in [4.78, 5) is 25.8. The SMILES string of the molecule is CCS(=O)(=O)CCCN1C(=O)NC(=O)C12CCC(C)CC2. The average molecular weight is 316 g/mol. The zero-order chi connectivity index (χ0) is 15.7. The molecule has 1 saturated heterocycles. The van der Waals surface area contributed by atoms with Crippen LogP contribution < -0.4 is 5.32 Å². The molecule has 1 aliphatic carbocycles. The summed E-state index contributed by atoms with van der Waals surface area (Å²) in [5.41, 5.74) is -0.737. The van der Waals surface area contributed by atoms with E-state index >= 15 is 0 Å². The highest BCUT2D eigenvalue weighted by molar-refractivity contribution is 7.91. The molecule has 6 nitrogen and oxygen atoms in total. The Bertz CT molecular complexity index is 521. The monoisotopic (exact) mass is 316 g/mol. The molecular formula is C14H24N2O4S. The van der Waals surface area contributed by atoms with Crippen LogP contribution in [0.25, 0.3) is 0 Å². The summed E-state index contributed by atoms with van der Waals surface area (Å²) in [7, 11) is -3.04. The van der Waals surface area contributed by atoms with Gasteiger partial charge in [0.2, 0.25) is 0 Å². The molecule has 2 fully saturated rings. The first kappa shape index (κ1) is 16.3. The maximum atomic E-state index is 12.2. The molecule has 0 aromatic rings. The van der Waals surface area contributed by atoms with Gasteiger partial charge in [-0.15, -0.1) is 0 Å². The van der Waals surface area contributed by atoms with E-state index < -0.39 is 15.4 Å². The van der Waals surface area contributed by atoms with Crippen LogP contribution in [0.2, 0.25) is 0 Å². The van der Waals surface area contributed by atoms with Crippen molar-refractivity contribution in [2.24, 2.45) is 5.92 Å². The number of rotatable bonds is 5. The fourth-order valence-corrected chi connectivity index (χ4v) is 4.09. The van der Waals surface area contributed by atoms with Crippen molar-refractivity contribution < 1.29 is 18.0 Å². The number of carbonyl (C=O) groups excluding carboxylic acids is 2. The maximum absolute atomic E-state index is 12.2. The summed E-state index contributed by atoms with van der Waals surface area (Å²) in [6.45, 7) is 4.09. The van der Waals surface area contributed by atoms with E-state index in [1.54, 1.807) is 11.8 Å². The van der Waals surface area contributed by atoms with Gasteiger partial charge >= 0.3 is 6.03 Å². The molecule has 1 spiro atoms. The van der Waals surface area contributed by atoms with Crippen LogP contribution in [0.1, 0.15) is 46.0 Å². The van der Waals surface area contributed by atoms with E-state index in [-0.39, 0.29) is 23.4 Å². The molecule has 1 saturated carbocycles. The van der Waals surface area contributed by atoms with Gasteiger partial charge in [0.05, 0.1) is 5.75 Å². The van der Waals surface area contributed by atoms with Crippen molar-refractivity contribution in [2.45, 2.75) is 51.5 Å². The lowest BCUT2D eigenvalue weighted by Crippen LogP contribution is -2.52. The van der Waals surface area contributed by atoms with E-state index in [2.05, 4.69) is 12.2 Å². The number of urea groups is 1. The molecule has 3 amide bonds. The van der Waals surface area contributed by atoms with Gasteiger partial charge in [0.15, 0.2) is 0 Å². The highest BCUT2D eigenvalue weighted by Gasteiger charge is 2.53. The highest BCUT2D eigenvalue weighted by atomic mass is 32.2. The van der Waals surface area contributed by atoms with Crippen LogP contribution in [0.3, 0.4) is 0 Å². The van der Waals surface area contributed by atoms with E-state index in [1.165, 1.54) is 0 Å². The molecule has 2 aliphatic rings. The summed E-state index contributed by atoms with van der Waals surface area (Å²) < 4.78 is 23.1. The first-order valence-electron chi connectivity index (χ1n) is 7.64. The molecule has 1 aliphatic heterocycles. The predicted octanol–water partition coefficient (Wildman–Crippen LogP) is 1.31. The zero-order valence-electron chi connectivity index (χ0n) is 12.7. The quantitative estimate of drug-likeness (QED) is 0.775. The summed E-state index contributed by atoms with van der Waals surface area (Å²) in [5, 5.41) is 2.40. The van der Waals surface area contributed by atoms with E-state index in [4.69, 9.17) is 0 Å². The van der Waals surface area contributed by atoms with Gasteiger partial charge in [-0.3, -0.25) is 10.1 Å². The lowest BCUT2D eigenvalue weighted by molar-refractivity contribution is -0.128. The minimum atomic E-state index is -3.04. The van der Waals surface area contributed by atoms with Crippen molar-refractivity contribution in [3.63, 3.8) is 0 Å². The first-order valence-corrected chi connectivity index (χ1v) is 9.46. The molecule has 0 aromatic carbocycles. The highest BCUT2D eigenvalue weighted by Crippen LogP contribution is 2.39. The molecule has 120 valence electrons. The van der Waals surface area contributed by atoms with Gasteiger partial charge in [-0.05, 0) is 38.0 Å². The summed E-state index contributed by atoms with van der Waals surface area (Å²) in [6.07, 6.45) is 3.57. The number of nitrogens with one attached hydrogen (secondary N) is 1. The van der Waals surface area contributed by atoms with Crippen molar-refractivity contribution >= 4 is 21.8 Å². The van der Waals surface area contributed by atoms with Crippen molar-refractivity contribution in [1.82, 2.24) is 10.2 Å². The van der Waals surface area contributed by atoms with Crippen molar-refractivity contribution in [3.8, 4) is 0 Å². The topological polar surface area (TPSA) is 83.6 Å². The second-order valence-corrected chi connectivity index (χ2v) is 8.69. The Hall–Kier alpha value is -1.11. The van der Waals surface area contributed by atoms with Crippen LogP contribution in [0, 0.1) is 5.92 Å². The largest absolute Gasteiger partial charge is 0.325 e. The lowest BCUT2D eigenvalue weighted by atomic mass is 9.76. The fraction of sp³-hybridized carbons (Fsp3) is 0.857. The normalized spacial score (nSPS) is 30.0. The van der Waals surface area contributed by atoms with Crippen LogP contribution in [-0.2, 0) is 14.6 Å². The number of amides is 3. The third-order valence-electron chi connectivity index (χ3n) is 4.78. The Morgan fingerprint density at radius 1 is 1.29 bits per heavy atom. The third-order valence-corrected chi connectivity index (χ3v) is 6.57. The molecule has 7 heteroatoms. The number of sulfone groups is 1. The van der Waals surface area contributed by atoms with Crippen LogP contribution in [0.4, 0.5) is 4.79 Å². The predicted molar refractivity (Wildman–Crippen MR) is 79.6 cm³/mol. The minimum absolute atomic E-state index is 0.0634. The van der Waals surface area contributed by atoms with Crippen molar-refractivity contribution in [3.05, 3.63) is 0 Å². The molecule has 1 N–H and O–H groups in total. The minimum Gasteiger partial charge on any atom is -0.310 e. The Morgan fingerprint density at radius 2 is 1.90 bits per heavy atom. The van der Waals surface area contributed by atoms with E-state index in [1.807, 2.05) is 0 Å². The van der Waals surface area contributed by atoms with Crippen LogP contribution in [0.5, 0.6) is 0 Å². The summed E-state index contributed by atoms with van der Waals surface area (Å²) >= 11 is 0. The van der Waals surface area contributed by atoms with Gasteiger partial charge in [0.1, 0.15) is 15.4 Å². The van der Waals surface area contributed by atoms with Crippen LogP contribution in [-0.4, -0.2) is 48.8 Å². The molecule has 0 bridgehead atoms. The van der Waals surface area contributed by atoms with Gasteiger partial charge in [0.25, 0.3) is 5.91 Å². The number of nitrogens with zero attached hydrogens (tertiary/aromatic N) is 1. The van der Waals surface area contributed by atoms with Gasteiger partial charge < -0.3 is 4.90 Å². The first-order chi connectivity index (χ1) is 9.81. The van der Waals surface area contributed by atoms with E-state index in [9.17, 15) is 18.0 Å². The van der Waals surface area contributed by atoms with Gasteiger partial charge in [0, 0.05) is 12.3 Å². The van der Waals surface area contributed by atoms with Gasteiger partial charge in [-0.1, -0.05) is 13.8 Å². The second kappa shape index (κ2) is 5.94. The molecule has 0 unspecified atom stereocenters. The summed E-state index contributed by atoms with van der Waals surface area (Å²) in [6, 6.07) is -0.372. The Kier molecular flexibility index (Phi) is 4.60. The van der Waals surface area contributed by atoms with Crippen molar-refractivity contribution in [2.75, 3.05) is 18.1 Å². The molecule has 21 heavy (non-hydrogen) atoms. The van der Waals surface area contributed by atoms with Crippen LogP contribution in [0.15, 0.2) is 0 Å². The van der Waals surface area contributed by atoms with Crippen molar-refractivity contribution in [1.29, 1.82) is 0 Å². The molecule has 1 heterocycles. The lowest BCUT2D eigenvalue weighted by Gasteiger charge is -2.40. The van der Waals surface area contributed by atoms with Gasteiger partial charge in [-0.25, -0.2) is 13.2 Å². The molecule has 0 aromatic heterocycles. The van der Waals surface area contributed by atoms with E-state index in [0.29, 0.717) is 31.7 Å². The standard InChI is InChI=1S/C14H24N2O4S/c1-3-21(19,20)10-4-9-16-13(18)15-12(17)14(16)7-5-11(2)6-8-14/h11H,3-10H2,1-2H3,(H,15,17,18).